The molecule has 0 bridgehead atoms. The second kappa shape index (κ2) is 9.93. The minimum atomic E-state index is -3.32. The predicted octanol–water partition coefficient (Wildman–Crippen LogP) is 5.26. The van der Waals surface area contributed by atoms with E-state index in [1.165, 1.54) is 17.0 Å². The first-order valence-electron chi connectivity index (χ1n) is 10.4. The van der Waals surface area contributed by atoms with E-state index < -0.39 is 7.60 Å². The van der Waals surface area contributed by atoms with Crippen LogP contribution in [-0.4, -0.2) is 32.7 Å². The number of aromatic nitrogens is 4. The number of fused-ring (bicyclic) bond motifs is 1. The molecule has 0 fully saturated rings. The number of benzene rings is 2. The first-order chi connectivity index (χ1) is 15.9. The molecule has 0 saturated heterocycles. The van der Waals surface area contributed by atoms with Gasteiger partial charge in [0.05, 0.1) is 47.9 Å². The average molecular weight is 485 g/mol. The highest BCUT2D eigenvalue weighted by Gasteiger charge is 2.25. The number of hydrogen-bond acceptors (Lipinski definition) is 7. The van der Waals surface area contributed by atoms with Crippen LogP contribution in [0.5, 0.6) is 0 Å². The first-order valence-corrected chi connectivity index (χ1v) is 12.5. The molecule has 0 atom stereocenters. The summed E-state index contributed by atoms with van der Waals surface area (Å²) in [5, 5.41) is 0.910. The van der Waals surface area contributed by atoms with Crippen LogP contribution in [0, 0.1) is 0 Å². The number of para-hydroxylation sites is 1. The second-order valence-electron chi connectivity index (χ2n) is 7.07. The van der Waals surface area contributed by atoms with Crippen LogP contribution >= 0.6 is 19.2 Å². The van der Waals surface area contributed by atoms with Gasteiger partial charge in [0.25, 0.3) is 5.56 Å². The summed E-state index contributed by atoms with van der Waals surface area (Å²) in [4.78, 5) is 26.9. The summed E-state index contributed by atoms with van der Waals surface area (Å²) in [6.45, 7) is 4.02. The van der Waals surface area contributed by atoms with Crippen LogP contribution < -0.4 is 5.56 Å². The van der Waals surface area contributed by atoms with Crippen molar-refractivity contribution in [2.24, 2.45) is 0 Å². The Labute approximate surface area is 195 Å². The molecule has 0 spiro atoms. The van der Waals surface area contributed by atoms with Gasteiger partial charge in [-0.25, -0.2) is 9.97 Å². The van der Waals surface area contributed by atoms with Crippen molar-refractivity contribution < 1.29 is 13.6 Å². The quantitative estimate of drug-likeness (QED) is 0.314. The Morgan fingerprint density at radius 3 is 2.36 bits per heavy atom. The van der Waals surface area contributed by atoms with E-state index in [1.54, 1.807) is 32.0 Å². The molecule has 4 aromatic rings. The van der Waals surface area contributed by atoms with Crippen molar-refractivity contribution in [3.8, 4) is 17.2 Å². The van der Waals surface area contributed by atoms with Crippen molar-refractivity contribution in [3.63, 3.8) is 0 Å². The highest BCUT2D eigenvalue weighted by molar-refractivity contribution is 7.53. The number of nitrogens with zero attached hydrogens (tertiary/aromatic N) is 4. The normalized spacial score (nSPS) is 11.7. The van der Waals surface area contributed by atoms with Crippen LogP contribution in [0.1, 0.15) is 19.5 Å². The van der Waals surface area contributed by atoms with E-state index in [1.807, 2.05) is 30.3 Å². The van der Waals surface area contributed by atoms with E-state index in [0.29, 0.717) is 38.8 Å². The molecule has 8 nitrogen and oxygen atoms in total. The van der Waals surface area contributed by atoms with E-state index in [-0.39, 0.29) is 24.9 Å². The van der Waals surface area contributed by atoms with Gasteiger partial charge in [0, 0.05) is 11.2 Å². The molecule has 0 saturated carbocycles. The van der Waals surface area contributed by atoms with Gasteiger partial charge in [-0.2, -0.15) is 0 Å². The minimum absolute atomic E-state index is 0.00575. The monoisotopic (exact) mass is 484 g/mol. The van der Waals surface area contributed by atoms with E-state index in [2.05, 4.69) is 15.0 Å². The van der Waals surface area contributed by atoms with Crippen molar-refractivity contribution in [2.75, 3.05) is 13.2 Å². The van der Waals surface area contributed by atoms with Gasteiger partial charge in [-0.3, -0.25) is 18.9 Å². The molecule has 10 heteroatoms. The molecule has 0 aliphatic carbocycles. The average Bonchev–Trinajstić information content (AvgIpc) is 2.80. The molecule has 0 aliphatic heterocycles. The lowest BCUT2D eigenvalue weighted by atomic mass is 10.2. The van der Waals surface area contributed by atoms with Crippen LogP contribution in [0.25, 0.3) is 28.1 Å². The molecule has 0 amide bonds. The zero-order valence-corrected chi connectivity index (χ0v) is 19.8. The maximum Gasteiger partial charge on any atom is 0.336 e. The Hall–Kier alpha value is -2.90. The van der Waals surface area contributed by atoms with Crippen LogP contribution in [0.2, 0.25) is 5.02 Å². The van der Waals surface area contributed by atoms with Crippen molar-refractivity contribution in [1.82, 2.24) is 19.5 Å². The molecule has 2 aromatic carbocycles. The number of rotatable bonds is 8. The van der Waals surface area contributed by atoms with Crippen molar-refractivity contribution in [2.45, 2.75) is 20.0 Å². The van der Waals surface area contributed by atoms with Gasteiger partial charge >= 0.3 is 7.60 Å². The fourth-order valence-electron chi connectivity index (χ4n) is 3.42. The summed E-state index contributed by atoms with van der Waals surface area (Å²) < 4.78 is 25.0. The smallest absolute Gasteiger partial charge is 0.309 e. The zero-order valence-electron chi connectivity index (χ0n) is 18.1. The molecule has 2 heterocycles. The Bertz CT molecular complexity index is 1370. The van der Waals surface area contributed by atoms with Crippen LogP contribution in [0.15, 0.2) is 65.7 Å². The van der Waals surface area contributed by atoms with Crippen LogP contribution in [-0.2, 0) is 19.8 Å². The number of hydrogen-bond donors (Lipinski definition) is 0. The Morgan fingerprint density at radius 1 is 1.00 bits per heavy atom. The molecule has 170 valence electrons. The fourth-order valence-corrected chi connectivity index (χ4v) is 5.19. The fraction of sp³-hybridized carbons (Fsp3) is 0.217. The molecule has 2 aromatic heterocycles. The van der Waals surface area contributed by atoms with Gasteiger partial charge in [0.15, 0.2) is 5.82 Å². The van der Waals surface area contributed by atoms with E-state index in [0.717, 1.165) is 0 Å². The summed E-state index contributed by atoms with van der Waals surface area (Å²) in [7, 11) is -3.32. The third kappa shape index (κ3) is 5.04. The third-order valence-corrected chi connectivity index (χ3v) is 7.04. The van der Waals surface area contributed by atoms with Crippen LogP contribution in [0.3, 0.4) is 0 Å². The highest BCUT2D eigenvalue weighted by atomic mass is 35.5. The second-order valence-corrected chi connectivity index (χ2v) is 9.56. The molecule has 33 heavy (non-hydrogen) atoms. The zero-order chi connectivity index (χ0) is 23.4. The molecular weight excluding hydrogens is 463 g/mol. The lowest BCUT2D eigenvalue weighted by Gasteiger charge is -2.16. The SMILES string of the molecule is CCOP(=O)(Cc1cnc(-c2nc3cc(Cl)ccc3c(=O)n2-c2ccccc2)cn1)OCC. The van der Waals surface area contributed by atoms with Gasteiger partial charge in [-0.15, -0.1) is 0 Å². The molecule has 4 rings (SSSR count). The highest BCUT2D eigenvalue weighted by Crippen LogP contribution is 2.50. The molecule has 0 radical (unpaired) electrons. The summed E-state index contributed by atoms with van der Waals surface area (Å²) in [6, 6.07) is 14.1. The molecule has 0 aliphatic rings. The summed E-state index contributed by atoms with van der Waals surface area (Å²) >= 11 is 6.13. The van der Waals surface area contributed by atoms with E-state index >= 15 is 0 Å². The molecule has 0 unspecified atom stereocenters. The minimum Gasteiger partial charge on any atom is -0.309 e. The Balaban J connectivity index is 1.82. The Morgan fingerprint density at radius 2 is 1.73 bits per heavy atom. The third-order valence-electron chi connectivity index (χ3n) is 4.79. The van der Waals surface area contributed by atoms with Gasteiger partial charge in [0.1, 0.15) is 5.69 Å². The van der Waals surface area contributed by atoms with Gasteiger partial charge in [-0.05, 0) is 44.2 Å². The van der Waals surface area contributed by atoms with Crippen LogP contribution in [0.4, 0.5) is 0 Å². The van der Waals surface area contributed by atoms with Crippen molar-refractivity contribution >= 4 is 30.1 Å². The lowest BCUT2D eigenvalue weighted by Crippen LogP contribution is -2.22. The number of halogens is 1. The maximum absolute atomic E-state index is 13.4. The topological polar surface area (TPSA) is 96.2 Å². The standard InChI is InChI=1S/C23H22ClN4O4P/c1-3-31-33(30,32-4-2)15-17-13-26-21(14-25-17)22-27-20-12-16(24)10-11-19(20)23(29)28(22)18-8-6-5-7-9-18/h5-14H,3-4,15H2,1-2H3. The van der Waals surface area contributed by atoms with E-state index in [9.17, 15) is 9.36 Å². The largest absolute Gasteiger partial charge is 0.336 e. The lowest BCUT2D eigenvalue weighted by molar-refractivity contribution is 0.219. The Kier molecular flexibility index (Phi) is 7.00. The predicted molar refractivity (Wildman–Crippen MR) is 128 cm³/mol. The summed E-state index contributed by atoms with van der Waals surface area (Å²) in [5.74, 6) is 0.317. The molecular formula is C23H22ClN4O4P. The van der Waals surface area contributed by atoms with Gasteiger partial charge in [0.2, 0.25) is 0 Å². The van der Waals surface area contributed by atoms with Crippen molar-refractivity contribution in [1.29, 1.82) is 0 Å². The summed E-state index contributed by atoms with van der Waals surface area (Å²) in [5.41, 5.74) is 1.68. The summed E-state index contributed by atoms with van der Waals surface area (Å²) in [6.07, 6.45) is 2.98. The first kappa shape index (κ1) is 23.3. The molecule has 0 N–H and O–H groups in total. The van der Waals surface area contributed by atoms with Crippen molar-refractivity contribution in [3.05, 3.63) is 82.0 Å². The van der Waals surface area contributed by atoms with Gasteiger partial charge < -0.3 is 9.05 Å². The maximum atomic E-state index is 13.4. The van der Waals surface area contributed by atoms with E-state index in [4.69, 9.17) is 20.6 Å². The van der Waals surface area contributed by atoms with Gasteiger partial charge in [-0.1, -0.05) is 29.8 Å².